The van der Waals surface area contributed by atoms with Gasteiger partial charge in [-0.3, -0.25) is 24.5 Å². The van der Waals surface area contributed by atoms with Crippen molar-refractivity contribution in [1.82, 2.24) is 0 Å². The van der Waals surface area contributed by atoms with E-state index < -0.39 is 29.3 Å². The molecular weight excluding hydrogens is 446 g/mol. The highest BCUT2D eigenvalue weighted by Crippen LogP contribution is 2.20. The number of nitrogens with one attached hydrogen (secondary N) is 2. The third kappa shape index (κ3) is 7.34. The largest absolute Gasteiger partial charge is 0.456 e. The van der Waals surface area contributed by atoms with Gasteiger partial charge in [-0.15, -0.1) is 0 Å². The Hall–Kier alpha value is -3.27. The molecule has 0 bridgehead atoms. The number of ether oxygens (including phenoxy) is 1. The number of rotatable bonds is 8. The maximum Gasteiger partial charge on any atom is 0.306 e. The van der Waals surface area contributed by atoms with E-state index in [9.17, 15) is 24.5 Å². The minimum atomic E-state index is -0.707. The molecule has 9 nitrogen and oxygen atoms in total. The van der Waals surface area contributed by atoms with Gasteiger partial charge in [-0.05, 0) is 36.8 Å². The molecule has 0 saturated carbocycles. The fraction of sp³-hybridized carbons (Fsp3) is 0.211. The van der Waals surface area contributed by atoms with Crippen LogP contribution in [-0.4, -0.2) is 29.3 Å². The standard InChI is InChI=1S/C19H18BrN3O6/c1-12-9-13(20)5-6-16(12)22-18(25)11-29-19(26)8-7-17(24)21-14-3-2-4-15(10-14)23(27)28/h2-6,9-10H,7-8,11H2,1H3,(H,21,24)(H,22,25). The first-order valence-corrected chi connectivity index (χ1v) is 9.30. The molecule has 2 aromatic rings. The van der Waals surface area contributed by atoms with E-state index in [2.05, 4.69) is 26.6 Å². The summed E-state index contributed by atoms with van der Waals surface area (Å²) in [4.78, 5) is 45.6. The van der Waals surface area contributed by atoms with Gasteiger partial charge in [0.2, 0.25) is 5.91 Å². The Morgan fingerprint density at radius 2 is 1.83 bits per heavy atom. The molecule has 2 rings (SSSR count). The predicted molar refractivity (Wildman–Crippen MR) is 109 cm³/mol. The van der Waals surface area contributed by atoms with E-state index >= 15 is 0 Å². The van der Waals surface area contributed by atoms with Gasteiger partial charge >= 0.3 is 5.97 Å². The summed E-state index contributed by atoms with van der Waals surface area (Å²) in [5.74, 6) is -1.70. The summed E-state index contributed by atoms with van der Waals surface area (Å²) >= 11 is 3.33. The van der Waals surface area contributed by atoms with Crippen LogP contribution in [0.2, 0.25) is 0 Å². The quantitative estimate of drug-likeness (QED) is 0.349. The minimum Gasteiger partial charge on any atom is -0.456 e. The van der Waals surface area contributed by atoms with Crippen molar-refractivity contribution in [2.24, 2.45) is 0 Å². The van der Waals surface area contributed by atoms with E-state index in [1.165, 1.54) is 24.3 Å². The molecular formula is C19H18BrN3O6. The Labute approximate surface area is 174 Å². The highest BCUT2D eigenvalue weighted by molar-refractivity contribution is 9.10. The van der Waals surface area contributed by atoms with E-state index in [4.69, 9.17) is 4.74 Å². The second-order valence-electron chi connectivity index (χ2n) is 6.02. The number of aryl methyl sites for hydroxylation is 1. The third-order valence-corrected chi connectivity index (χ3v) is 4.22. The van der Waals surface area contributed by atoms with E-state index in [1.807, 2.05) is 13.0 Å². The van der Waals surface area contributed by atoms with Crippen LogP contribution in [0.15, 0.2) is 46.9 Å². The van der Waals surface area contributed by atoms with Crippen LogP contribution in [-0.2, 0) is 19.1 Å². The van der Waals surface area contributed by atoms with Crippen molar-refractivity contribution < 1.29 is 24.0 Å². The van der Waals surface area contributed by atoms with E-state index in [0.717, 1.165) is 10.0 Å². The molecule has 0 saturated heterocycles. The zero-order valence-electron chi connectivity index (χ0n) is 15.4. The van der Waals surface area contributed by atoms with Gasteiger partial charge in [-0.1, -0.05) is 22.0 Å². The first kappa shape index (κ1) is 22.0. The lowest BCUT2D eigenvalue weighted by Crippen LogP contribution is -2.22. The molecule has 0 unspecified atom stereocenters. The highest BCUT2D eigenvalue weighted by Gasteiger charge is 2.13. The molecule has 0 heterocycles. The molecule has 0 aliphatic rings. The maximum absolute atomic E-state index is 11.9. The molecule has 0 aliphatic carbocycles. The lowest BCUT2D eigenvalue weighted by Gasteiger charge is -2.09. The zero-order chi connectivity index (χ0) is 21.4. The summed E-state index contributed by atoms with van der Waals surface area (Å²) in [6.45, 7) is 1.35. The van der Waals surface area contributed by atoms with E-state index in [-0.39, 0.29) is 24.2 Å². The minimum absolute atomic E-state index is 0.158. The number of hydrogen-bond donors (Lipinski definition) is 2. The highest BCUT2D eigenvalue weighted by atomic mass is 79.9. The second kappa shape index (κ2) is 10.3. The Bertz CT molecular complexity index is 947. The first-order valence-electron chi connectivity index (χ1n) is 8.50. The summed E-state index contributed by atoms with van der Waals surface area (Å²) < 4.78 is 5.74. The molecule has 2 amide bonds. The smallest absolute Gasteiger partial charge is 0.306 e. The van der Waals surface area contributed by atoms with Crippen LogP contribution in [0.3, 0.4) is 0 Å². The van der Waals surface area contributed by atoms with Crippen molar-refractivity contribution in [2.75, 3.05) is 17.2 Å². The predicted octanol–water partition coefficient (Wildman–Crippen LogP) is 3.57. The van der Waals surface area contributed by atoms with Crippen molar-refractivity contribution >= 4 is 50.8 Å². The monoisotopic (exact) mass is 463 g/mol. The maximum atomic E-state index is 11.9. The van der Waals surface area contributed by atoms with Gasteiger partial charge in [0.05, 0.1) is 11.3 Å². The molecule has 2 N–H and O–H groups in total. The Kier molecular flexibility index (Phi) is 7.84. The van der Waals surface area contributed by atoms with Crippen molar-refractivity contribution in [3.8, 4) is 0 Å². The van der Waals surface area contributed by atoms with Gasteiger partial charge in [0.15, 0.2) is 6.61 Å². The van der Waals surface area contributed by atoms with Crippen LogP contribution < -0.4 is 10.6 Å². The second-order valence-corrected chi connectivity index (χ2v) is 6.94. The molecule has 152 valence electrons. The van der Waals surface area contributed by atoms with Crippen LogP contribution >= 0.6 is 15.9 Å². The number of carbonyl (C=O) groups excluding carboxylic acids is 3. The number of nitro groups is 1. The number of esters is 1. The summed E-state index contributed by atoms with van der Waals surface area (Å²) in [6.07, 6.45) is -0.416. The SMILES string of the molecule is Cc1cc(Br)ccc1NC(=O)COC(=O)CCC(=O)Nc1cccc([N+](=O)[O-])c1. The molecule has 10 heteroatoms. The van der Waals surface area contributed by atoms with Crippen LogP contribution in [0.1, 0.15) is 18.4 Å². The van der Waals surface area contributed by atoms with Crippen molar-refractivity contribution in [3.63, 3.8) is 0 Å². The Balaban J connectivity index is 1.73. The lowest BCUT2D eigenvalue weighted by molar-refractivity contribution is -0.384. The van der Waals surface area contributed by atoms with Gasteiger partial charge in [-0.2, -0.15) is 0 Å². The number of nitrogens with zero attached hydrogens (tertiary/aromatic N) is 1. The molecule has 0 atom stereocenters. The number of amides is 2. The molecule has 0 spiro atoms. The fourth-order valence-electron chi connectivity index (χ4n) is 2.31. The molecule has 0 fully saturated rings. The number of anilines is 2. The van der Waals surface area contributed by atoms with Crippen LogP contribution in [0.4, 0.5) is 17.1 Å². The lowest BCUT2D eigenvalue weighted by atomic mass is 10.2. The summed E-state index contributed by atoms with van der Waals surface area (Å²) in [7, 11) is 0. The Morgan fingerprint density at radius 3 is 2.52 bits per heavy atom. The molecule has 0 aliphatic heterocycles. The average Bonchev–Trinajstić information content (AvgIpc) is 2.67. The molecule has 0 aromatic heterocycles. The van der Waals surface area contributed by atoms with Crippen molar-refractivity contribution in [1.29, 1.82) is 0 Å². The van der Waals surface area contributed by atoms with E-state index in [0.29, 0.717) is 5.69 Å². The Morgan fingerprint density at radius 1 is 1.07 bits per heavy atom. The summed E-state index contributed by atoms with van der Waals surface area (Å²) in [6, 6.07) is 10.8. The van der Waals surface area contributed by atoms with E-state index in [1.54, 1.807) is 12.1 Å². The van der Waals surface area contributed by atoms with Gasteiger partial charge in [-0.25, -0.2) is 0 Å². The van der Waals surface area contributed by atoms with Gasteiger partial charge in [0.1, 0.15) is 0 Å². The van der Waals surface area contributed by atoms with Crippen LogP contribution in [0.5, 0.6) is 0 Å². The first-order chi connectivity index (χ1) is 13.7. The summed E-state index contributed by atoms with van der Waals surface area (Å²) in [5, 5.41) is 15.8. The summed E-state index contributed by atoms with van der Waals surface area (Å²) in [5.41, 5.74) is 1.54. The van der Waals surface area contributed by atoms with Gasteiger partial charge < -0.3 is 15.4 Å². The van der Waals surface area contributed by atoms with Gasteiger partial charge in [0, 0.05) is 34.4 Å². The zero-order valence-corrected chi connectivity index (χ0v) is 17.0. The van der Waals surface area contributed by atoms with Crippen LogP contribution in [0.25, 0.3) is 0 Å². The number of non-ortho nitro benzene ring substituents is 1. The van der Waals surface area contributed by atoms with Crippen LogP contribution in [0, 0.1) is 17.0 Å². The topological polar surface area (TPSA) is 128 Å². The molecule has 2 aromatic carbocycles. The van der Waals surface area contributed by atoms with Crippen molar-refractivity contribution in [2.45, 2.75) is 19.8 Å². The fourth-order valence-corrected chi connectivity index (χ4v) is 2.78. The number of benzene rings is 2. The number of carbonyl (C=O) groups is 3. The number of halogens is 1. The average molecular weight is 464 g/mol. The molecule has 29 heavy (non-hydrogen) atoms. The molecule has 0 radical (unpaired) electrons. The van der Waals surface area contributed by atoms with Crippen molar-refractivity contribution in [3.05, 3.63) is 62.6 Å². The third-order valence-electron chi connectivity index (χ3n) is 3.72. The normalized spacial score (nSPS) is 10.1. The number of nitro benzene ring substituents is 1. The van der Waals surface area contributed by atoms with Gasteiger partial charge in [0.25, 0.3) is 11.6 Å². The number of hydrogen-bond acceptors (Lipinski definition) is 6.